The molecule has 2 heterocycles. The van der Waals surface area contributed by atoms with Crippen LogP contribution in [0.3, 0.4) is 0 Å². The average Bonchev–Trinajstić information content (AvgIpc) is 3.16. The summed E-state index contributed by atoms with van der Waals surface area (Å²) in [6, 6.07) is 10.8. The van der Waals surface area contributed by atoms with Crippen LogP contribution in [-0.4, -0.2) is 26.0 Å². The third-order valence-electron chi connectivity index (χ3n) is 3.58. The van der Waals surface area contributed by atoms with E-state index in [1.165, 1.54) is 12.8 Å². The van der Waals surface area contributed by atoms with Crippen LogP contribution in [0, 0.1) is 0 Å². The smallest absolute Gasteiger partial charge is 0.231 e. The Labute approximate surface area is 118 Å². The minimum Gasteiger partial charge on any atom is -0.496 e. The fourth-order valence-electron chi connectivity index (χ4n) is 2.52. The molecule has 1 aromatic heterocycles. The normalized spacial score (nSPS) is 14.6. The highest BCUT2D eigenvalue weighted by atomic mass is 16.5. The molecule has 0 radical (unpaired) electrons. The summed E-state index contributed by atoms with van der Waals surface area (Å²) in [5.41, 5.74) is 0.525. The first-order chi connectivity index (χ1) is 9.79. The molecular weight excluding hydrogens is 254 g/mol. The van der Waals surface area contributed by atoms with E-state index in [1.807, 2.05) is 18.2 Å². The number of nitrogens with zero attached hydrogens (tertiary/aromatic N) is 1. The third-order valence-corrected chi connectivity index (χ3v) is 3.58. The summed E-state index contributed by atoms with van der Waals surface area (Å²) in [7, 11) is 1.56. The largest absolute Gasteiger partial charge is 0.496 e. The second-order valence-corrected chi connectivity index (χ2v) is 4.86. The molecule has 0 amide bonds. The van der Waals surface area contributed by atoms with Crippen molar-refractivity contribution >= 4 is 11.7 Å². The molecule has 0 bridgehead atoms. The summed E-state index contributed by atoms with van der Waals surface area (Å²) in [6.45, 7) is 1.99. The van der Waals surface area contributed by atoms with Crippen molar-refractivity contribution in [2.45, 2.75) is 12.8 Å². The molecule has 0 atom stereocenters. The molecule has 0 unspecified atom stereocenters. The molecule has 0 N–H and O–H groups in total. The van der Waals surface area contributed by atoms with Crippen LogP contribution in [0.4, 0.5) is 5.88 Å². The molecule has 1 aliphatic rings. The lowest BCUT2D eigenvalue weighted by molar-refractivity contribution is 0.101. The number of benzene rings is 1. The van der Waals surface area contributed by atoms with Crippen molar-refractivity contribution in [2.24, 2.45) is 0 Å². The Morgan fingerprint density at radius 1 is 1.15 bits per heavy atom. The third kappa shape index (κ3) is 2.29. The predicted molar refractivity (Wildman–Crippen MR) is 76.6 cm³/mol. The maximum absolute atomic E-state index is 12.5. The van der Waals surface area contributed by atoms with Crippen molar-refractivity contribution < 1.29 is 13.9 Å². The first-order valence-electron chi connectivity index (χ1n) is 6.82. The molecule has 0 aliphatic carbocycles. The number of rotatable bonds is 4. The van der Waals surface area contributed by atoms with E-state index in [0.29, 0.717) is 17.1 Å². The maximum Gasteiger partial charge on any atom is 0.231 e. The zero-order valence-corrected chi connectivity index (χ0v) is 11.5. The van der Waals surface area contributed by atoms with Crippen LogP contribution in [0.25, 0.3) is 0 Å². The molecule has 3 rings (SSSR count). The summed E-state index contributed by atoms with van der Waals surface area (Å²) >= 11 is 0. The number of furan rings is 1. The molecule has 4 heteroatoms. The number of ketones is 1. The second-order valence-electron chi connectivity index (χ2n) is 4.86. The van der Waals surface area contributed by atoms with Crippen molar-refractivity contribution in [1.29, 1.82) is 0 Å². The second kappa shape index (κ2) is 5.41. The number of ether oxygens (including phenoxy) is 1. The van der Waals surface area contributed by atoms with Crippen molar-refractivity contribution in [3.8, 4) is 5.75 Å². The molecular formula is C16H17NO3. The lowest BCUT2D eigenvalue weighted by atomic mass is 10.1. The van der Waals surface area contributed by atoms with Gasteiger partial charge in [-0.1, -0.05) is 12.1 Å². The van der Waals surface area contributed by atoms with Gasteiger partial charge in [0.2, 0.25) is 5.78 Å². The molecule has 104 valence electrons. The van der Waals surface area contributed by atoms with Crippen LogP contribution in [0.5, 0.6) is 5.75 Å². The number of hydrogen-bond donors (Lipinski definition) is 0. The number of carbonyl (C=O) groups excluding carboxylic acids is 1. The summed E-state index contributed by atoms with van der Waals surface area (Å²) in [5, 5.41) is 0. The fraction of sp³-hybridized carbons (Fsp3) is 0.312. The minimum atomic E-state index is -0.145. The Kier molecular flexibility index (Phi) is 3.46. The number of para-hydroxylation sites is 1. The van der Waals surface area contributed by atoms with Crippen LogP contribution in [0.15, 0.2) is 40.8 Å². The van der Waals surface area contributed by atoms with Crippen LogP contribution < -0.4 is 9.64 Å². The Morgan fingerprint density at radius 2 is 1.90 bits per heavy atom. The van der Waals surface area contributed by atoms with Gasteiger partial charge in [-0.15, -0.1) is 0 Å². The minimum absolute atomic E-state index is 0.145. The van der Waals surface area contributed by atoms with Gasteiger partial charge in [-0.05, 0) is 31.0 Å². The van der Waals surface area contributed by atoms with E-state index in [2.05, 4.69) is 4.90 Å². The molecule has 4 nitrogen and oxygen atoms in total. The van der Waals surface area contributed by atoms with E-state index in [4.69, 9.17) is 9.15 Å². The van der Waals surface area contributed by atoms with Crippen LogP contribution in [0.1, 0.15) is 29.0 Å². The molecule has 1 aliphatic heterocycles. The van der Waals surface area contributed by atoms with Gasteiger partial charge < -0.3 is 14.1 Å². The van der Waals surface area contributed by atoms with Crippen molar-refractivity contribution in [1.82, 2.24) is 0 Å². The van der Waals surface area contributed by atoms with Gasteiger partial charge in [0.1, 0.15) is 5.75 Å². The van der Waals surface area contributed by atoms with Crippen molar-refractivity contribution in [2.75, 3.05) is 25.1 Å². The van der Waals surface area contributed by atoms with Gasteiger partial charge >= 0.3 is 0 Å². The highest BCUT2D eigenvalue weighted by molar-refractivity contribution is 6.09. The zero-order valence-electron chi connectivity index (χ0n) is 11.5. The SMILES string of the molecule is COc1ccccc1C(=O)c1ccc(N2CCCC2)o1. The quantitative estimate of drug-likeness (QED) is 0.801. The first kappa shape index (κ1) is 12.8. The van der Waals surface area contributed by atoms with E-state index in [0.717, 1.165) is 19.0 Å². The Morgan fingerprint density at radius 3 is 2.65 bits per heavy atom. The molecule has 0 spiro atoms. The number of methoxy groups -OCH3 is 1. The Hall–Kier alpha value is -2.23. The Balaban J connectivity index is 1.87. The van der Waals surface area contributed by atoms with Crippen LogP contribution in [-0.2, 0) is 0 Å². The number of carbonyl (C=O) groups is 1. The maximum atomic E-state index is 12.5. The lowest BCUT2D eigenvalue weighted by Crippen LogP contribution is -2.16. The van der Waals surface area contributed by atoms with Gasteiger partial charge in [0.05, 0.1) is 12.7 Å². The van der Waals surface area contributed by atoms with E-state index < -0.39 is 0 Å². The topological polar surface area (TPSA) is 42.7 Å². The van der Waals surface area contributed by atoms with E-state index in [-0.39, 0.29) is 5.78 Å². The zero-order chi connectivity index (χ0) is 13.9. The summed E-state index contributed by atoms with van der Waals surface area (Å²) in [6.07, 6.45) is 2.35. The lowest BCUT2D eigenvalue weighted by Gasteiger charge is -2.12. The number of hydrogen-bond acceptors (Lipinski definition) is 4. The van der Waals surface area contributed by atoms with Gasteiger partial charge in [0.15, 0.2) is 11.6 Å². The highest BCUT2D eigenvalue weighted by Gasteiger charge is 2.20. The van der Waals surface area contributed by atoms with Gasteiger partial charge in [0.25, 0.3) is 0 Å². The average molecular weight is 271 g/mol. The fourth-order valence-corrected chi connectivity index (χ4v) is 2.52. The van der Waals surface area contributed by atoms with E-state index >= 15 is 0 Å². The summed E-state index contributed by atoms with van der Waals surface area (Å²) < 4.78 is 10.9. The van der Waals surface area contributed by atoms with E-state index in [1.54, 1.807) is 25.3 Å². The van der Waals surface area contributed by atoms with Gasteiger partial charge in [-0.3, -0.25) is 4.79 Å². The molecule has 2 aromatic rings. The highest BCUT2D eigenvalue weighted by Crippen LogP contribution is 2.26. The number of anilines is 1. The van der Waals surface area contributed by atoms with Crippen molar-refractivity contribution in [3.63, 3.8) is 0 Å². The van der Waals surface area contributed by atoms with Gasteiger partial charge in [-0.2, -0.15) is 0 Å². The summed E-state index contributed by atoms with van der Waals surface area (Å²) in [4.78, 5) is 14.6. The standard InChI is InChI=1S/C16H17NO3/c1-19-13-7-3-2-6-12(13)16(18)14-8-9-15(20-14)17-10-4-5-11-17/h2-3,6-9H,4-5,10-11H2,1H3. The van der Waals surface area contributed by atoms with Crippen molar-refractivity contribution in [3.05, 3.63) is 47.7 Å². The summed E-state index contributed by atoms with van der Waals surface area (Å²) in [5.74, 6) is 1.56. The Bertz CT molecular complexity index is 612. The van der Waals surface area contributed by atoms with E-state index in [9.17, 15) is 4.79 Å². The van der Waals surface area contributed by atoms with Gasteiger partial charge in [0, 0.05) is 19.2 Å². The van der Waals surface area contributed by atoms with Crippen LogP contribution in [0.2, 0.25) is 0 Å². The molecule has 0 saturated carbocycles. The van der Waals surface area contributed by atoms with Gasteiger partial charge in [-0.25, -0.2) is 0 Å². The monoisotopic (exact) mass is 271 g/mol. The molecule has 1 saturated heterocycles. The first-order valence-corrected chi connectivity index (χ1v) is 6.82. The van der Waals surface area contributed by atoms with Crippen LogP contribution >= 0.6 is 0 Å². The molecule has 1 fully saturated rings. The predicted octanol–water partition coefficient (Wildman–Crippen LogP) is 3.12. The molecule has 20 heavy (non-hydrogen) atoms. The molecule has 1 aromatic carbocycles.